The van der Waals surface area contributed by atoms with E-state index in [1.54, 1.807) is 12.3 Å². The lowest BCUT2D eigenvalue weighted by atomic mass is 9.76. The van der Waals surface area contributed by atoms with Gasteiger partial charge in [0, 0.05) is 17.8 Å². The Morgan fingerprint density at radius 1 is 1.11 bits per heavy atom. The van der Waals surface area contributed by atoms with Gasteiger partial charge in [-0.05, 0) is 73.2 Å². The van der Waals surface area contributed by atoms with E-state index in [0.717, 1.165) is 17.7 Å². The van der Waals surface area contributed by atoms with Crippen LogP contribution in [0.1, 0.15) is 47.6 Å². The van der Waals surface area contributed by atoms with Crippen molar-refractivity contribution in [2.45, 2.75) is 32.2 Å². The molecule has 0 radical (unpaired) electrons. The number of rotatable bonds is 8. The van der Waals surface area contributed by atoms with Gasteiger partial charge in [-0.3, -0.25) is 4.99 Å². The zero-order valence-corrected chi connectivity index (χ0v) is 21.5. The molecule has 1 heterocycles. The number of fused-ring (bicyclic) bond motifs is 3. The van der Waals surface area contributed by atoms with Crippen LogP contribution in [0.25, 0.3) is 0 Å². The number of allylic oxidation sites excluding steroid dienone is 2. The summed E-state index contributed by atoms with van der Waals surface area (Å²) in [6.07, 6.45) is 9.28. The minimum atomic E-state index is 0.272. The van der Waals surface area contributed by atoms with Crippen LogP contribution in [-0.2, 0) is 0 Å². The van der Waals surface area contributed by atoms with Gasteiger partial charge < -0.3 is 14.8 Å². The van der Waals surface area contributed by atoms with Crippen molar-refractivity contribution in [3.8, 4) is 11.5 Å². The van der Waals surface area contributed by atoms with Gasteiger partial charge in [0.1, 0.15) is 6.61 Å². The van der Waals surface area contributed by atoms with Crippen molar-refractivity contribution in [2.75, 3.05) is 18.5 Å². The largest absolute Gasteiger partial charge is 0.490 e. The monoisotopic (exact) mass is 498 g/mol. The lowest BCUT2D eigenvalue weighted by Crippen LogP contribution is -2.29. The first-order chi connectivity index (χ1) is 17.6. The maximum absolute atomic E-state index is 6.47. The van der Waals surface area contributed by atoms with Gasteiger partial charge in [-0.1, -0.05) is 66.2 Å². The van der Waals surface area contributed by atoms with Gasteiger partial charge in [-0.15, -0.1) is 0 Å². The molecular weight excluding hydrogens is 468 g/mol. The second-order valence-electron chi connectivity index (χ2n) is 9.28. The van der Waals surface area contributed by atoms with E-state index in [1.807, 2.05) is 19.1 Å². The summed E-state index contributed by atoms with van der Waals surface area (Å²) in [5.74, 6) is 2.11. The van der Waals surface area contributed by atoms with Crippen LogP contribution in [0.3, 0.4) is 0 Å². The highest BCUT2D eigenvalue weighted by atomic mass is 35.5. The van der Waals surface area contributed by atoms with Crippen molar-refractivity contribution in [3.63, 3.8) is 0 Å². The van der Waals surface area contributed by atoms with E-state index in [1.165, 1.54) is 22.4 Å². The summed E-state index contributed by atoms with van der Waals surface area (Å²) in [5, 5.41) is 4.29. The van der Waals surface area contributed by atoms with Crippen molar-refractivity contribution < 1.29 is 9.47 Å². The van der Waals surface area contributed by atoms with Gasteiger partial charge in [0.2, 0.25) is 0 Å². The number of anilines is 1. The average Bonchev–Trinajstić information content (AvgIpc) is 3.38. The molecule has 0 fully saturated rings. The molecule has 4 nitrogen and oxygen atoms in total. The number of nitrogens with one attached hydrogen (secondary N) is 1. The fourth-order valence-corrected chi connectivity index (χ4v) is 5.44. The highest BCUT2D eigenvalue weighted by Crippen LogP contribution is 2.50. The fourth-order valence-electron chi connectivity index (χ4n) is 5.17. The Kier molecular flexibility index (Phi) is 7.15. The van der Waals surface area contributed by atoms with E-state index in [-0.39, 0.29) is 6.04 Å². The third kappa shape index (κ3) is 4.91. The number of nitrogens with zero attached hydrogens (tertiary/aromatic N) is 1. The highest BCUT2D eigenvalue weighted by Gasteiger charge is 2.37. The molecule has 36 heavy (non-hydrogen) atoms. The molecular formula is C31H31ClN2O2. The van der Waals surface area contributed by atoms with Crippen LogP contribution in [-0.4, -0.2) is 19.4 Å². The van der Waals surface area contributed by atoms with E-state index >= 15 is 0 Å². The standard InChI is InChI=1S/C31H31ClN2O2/c1-4-15-36-31-27(32)17-21(18-29(31)35-5-2)19-33-23-12-10-22(11-13-23)30-25-8-6-7-24(25)26-16-20(3)9-14-28(26)34-30/h4,6-7,9-14,16-19,24-25,30,34H,1,5,8,15H2,2-3H3/t24-,25+,30-/m0/s1. The second kappa shape index (κ2) is 10.6. The number of aliphatic imine (C=N–C) groups is 1. The van der Waals surface area contributed by atoms with E-state index in [9.17, 15) is 0 Å². The molecule has 5 rings (SSSR count). The summed E-state index contributed by atoms with van der Waals surface area (Å²) in [4.78, 5) is 4.68. The van der Waals surface area contributed by atoms with Crippen LogP contribution in [0, 0.1) is 12.8 Å². The number of benzene rings is 3. The van der Waals surface area contributed by atoms with Crippen molar-refractivity contribution >= 4 is 29.2 Å². The van der Waals surface area contributed by atoms with Crippen LogP contribution >= 0.6 is 11.6 Å². The Morgan fingerprint density at radius 3 is 2.72 bits per heavy atom. The molecule has 3 aromatic carbocycles. The van der Waals surface area contributed by atoms with Gasteiger partial charge in [0.25, 0.3) is 0 Å². The lowest BCUT2D eigenvalue weighted by Gasteiger charge is -2.37. The molecule has 0 amide bonds. The maximum atomic E-state index is 6.47. The predicted molar refractivity (Wildman–Crippen MR) is 150 cm³/mol. The van der Waals surface area contributed by atoms with Crippen LogP contribution < -0.4 is 14.8 Å². The first kappa shape index (κ1) is 24.2. The molecule has 3 aromatic rings. The van der Waals surface area contributed by atoms with Crippen molar-refractivity contribution in [2.24, 2.45) is 10.9 Å². The third-order valence-electron chi connectivity index (χ3n) is 6.81. The summed E-state index contributed by atoms with van der Waals surface area (Å²) < 4.78 is 11.4. The molecule has 0 aromatic heterocycles. The van der Waals surface area contributed by atoms with Crippen LogP contribution in [0.4, 0.5) is 11.4 Å². The minimum absolute atomic E-state index is 0.272. The molecule has 0 spiro atoms. The molecule has 0 unspecified atom stereocenters. The smallest absolute Gasteiger partial charge is 0.180 e. The lowest BCUT2D eigenvalue weighted by molar-refractivity contribution is 0.297. The molecule has 1 aliphatic heterocycles. The Morgan fingerprint density at radius 2 is 1.94 bits per heavy atom. The van der Waals surface area contributed by atoms with E-state index in [2.05, 4.69) is 78.4 Å². The summed E-state index contributed by atoms with van der Waals surface area (Å²) in [6, 6.07) is 19.2. The fraction of sp³-hybridized carbons (Fsp3) is 0.258. The molecule has 0 saturated carbocycles. The van der Waals surface area contributed by atoms with Crippen molar-refractivity contribution in [3.05, 3.63) is 107 Å². The molecule has 5 heteroatoms. The molecule has 0 bridgehead atoms. The molecule has 1 N–H and O–H groups in total. The summed E-state index contributed by atoms with van der Waals surface area (Å²) in [6.45, 7) is 8.65. The molecule has 1 aliphatic carbocycles. The Balaban J connectivity index is 1.35. The quantitative estimate of drug-likeness (QED) is 0.251. The zero-order chi connectivity index (χ0) is 25.1. The highest BCUT2D eigenvalue weighted by molar-refractivity contribution is 6.32. The number of hydrogen-bond acceptors (Lipinski definition) is 4. The molecule has 0 saturated heterocycles. The summed E-state index contributed by atoms with van der Waals surface area (Å²) >= 11 is 6.47. The number of aryl methyl sites for hydroxylation is 1. The summed E-state index contributed by atoms with van der Waals surface area (Å²) in [7, 11) is 0. The van der Waals surface area contributed by atoms with E-state index < -0.39 is 0 Å². The van der Waals surface area contributed by atoms with Gasteiger partial charge in [0.05, 0.1) is 23.4 Å². The van der Waals surface area contributed by atoms with Crippen LogP contribution in [0.15, 0.2) is 84.4 Å². The van der Waals surface area contributed by atoms with Crippen LogP contribution in [0.5, 0.6) is 11.5 Å². The predicted octanol–water partition coefficient (Wildman–Crippen LogP) is 8.19. The van der Waals surface area contributed by atoms with Gasteiger partial charge in [-0.25, -0.2) is 0 Å². The Bertz CT molecular complexity index is 1310. The first-order valence-corrected chi connectivity index (χ1v) is 12.8. The Labute approximate surface area is 218 Å². The molecule has 184 valence electrons. The number of halogens is 1. The van der Waals surface area contributed by atoms with Gasteiger partial charge in [-0.2, -0.15) is 0 Å². The topological polar surface area (TPSA) is 42.8 Å². The van der Waals surface area contributed by atoms with Gasteiger partial charge >= 0.3 is 0 Å². The minimum Gasteiger partial charge on any atom is -0.490 e. The molecule has 2 aliphatic rings. The zero-order valence-electron chi connectivity index (χ0n) is 20.7. The second-order valence-corrected chi connectivity index (χ2v) is 9.69. The van der Waals surface area contributed by atoms with Gasteiger partial charge in [0.15, 0.2) is 11.5 Å². The SMILES string of the molecule is C=CCOc1c(Cl)cc(C=Nc2ccc([C@@H]3Nc4ccc(C)cc4[C@H]4C=CC[C@H]43)cc2)cc1OCC. The third-order valence-corrected chi connectivity index (χ3v) is 7.09. The number of ether oxygens (including phenoxy) is 2. The number of hydrogen-bond donors (Lipinski definition) is 1. The van der Waals surface area contributed by atoms with Crippen molar-refractivity contribution in [1.82, 2.24) is 0 Å². The summed E-state index contributed by atoms with van der Waals surface area (Å²) in [5.41, 5.74) is 6.97. The van der Waals surface area contributed by atoms with Crippen LogP contribution in [0.2, 0.25) is 5.02 Å². The van der Waals surface area contributed by atoms with E-state index in [4.69, 9.17) is 21.1 Å². The molecule has 3 atom stereocenters. The van der Waals surface area contributed by atoms with E-state index in [0.29, 0.717) is 41.6 Å². The normalized spacial score (nSPS) is 20.0. The van der Waals surface area contributed by atoms with Crippen molar-refractivity contribution in [1.29, 1.82) is 0 Å². The average molecular weight is 499 g/mol. The maximum Gasteiger partial charge on any atom is 0.180 e. The Hall–Kier alpha value is -3.50. The first-order valence-electron chi connectivity index (χ1n) is 12.4.